The highest BCUT2D eigenvalue weighted by atomic mass is 32.2. The Morgan fingerprint density at radius 1 is 1.17 bits per heavy atom. The molecule has 0 radical (unpaired) electrons. The molecule has 0 unspecified atom stereocenters. The highest BCUT2D eigenvalue weighted by molar-refractivity contribution is 7.88. The van der Waals surface area contributed by atoms with E-state index in [0.717, 1.165) is 0 Å². The predicted molar refractivity (Wildman–Crippen MR) is 85.5 cm³/mol. The molecule has 1 aromatic carbocycles. The van der Waals surface area contributed by atoms with E-state index in [4.69, 9.17) is 4.74 Å². The summed E-state index contributed by atoms with van der Waals surface area (Å²) in [5.74, 6) is -0.920. The van der Waals surface area contributed by atoms with Crippen molar-refractivity contribution in [1.82, 2.24) is 9.29 Å². The number of rotatable bonds is 8. The van der Waals surface area contributed by atoms with Crippen molar-refractivity contribution in [1.29, 1.82) is 0 Å². The van der Waals surface area contributed by atoms with Gasteiger partial charge in [-0.25, -0.2) is 12.8 Å². The van der Waals surface area contributed by atoms with Crippen LogP contribution < -0.4 is 0 Å². The van der Waals surface area contributed by atoms with Crippen molar-refractivity contribution in [2.75, 3.05) is 20.3 Å². The van der Waals surface area contributed by atoms with Crippen molar-refractivity contribution in [2.45, 2.75) is 12.3 Å². The van der Waals surface area contributed by atoms with Gasteiger partial charge in [0.05, 0.1) is 24.6 Å². The molecule has 0 saturated heterocycles. The Morgan fingerprint density at radius 3 is 2.57 bits per heavy atom. The average molecular weight is 338 g/mol. The van der Waals surface area contributed by atoms with Crippen molar-refractivity contribution in [3.05, 3.63) is 65.7 Å². The minimum absolute atomic E-state index is 0.126. The highest BCUT2D eigenvalue weighted by Gasteiger charge is 2.24. The van der Waals surface area contributed by atoms with Gasteiger partial charge in [0.15, 0.2) is 0 Å². The number of benzene rings is 1. The van der Waals surface area contributed by atoms with Crippen LogP contribution in [0.2, 0.25) is 0 Å². The summed E-state index contributed by atoms with van der Waals surface area (Å²) in [5, 5.41) is 0. The number of methoxy groups -OCH3 is 1. The molecular weight excluding hydrogens is 319 g/mol. The Balaban J connectivity index is 2.20. The third-order valence-corrected chi connectivity index (χ3v) is 5.07. The van der Waals surface area contributed by atoms with Crippen LogP contribution in [0, 0.1) is 5.82 Å². The van der Waals surface area contributed by atoms with Gasteiger partial charge < -0.3 is 4.74 Å². The molecule has 0 amide bonds. The molecule has 0 spiro atoms. The van der Waals surface area contributed by atoms with E-state index < -0.39 is 21.6 Å². The average Bonchev–Trinajstić information content (AvgIpc) is 2.54. The molecule has 0 aliphatic carbocycles. The summed E-state index contributed by atoms with van der Waals surface area (Å²) in [7, 11) is -2.19. The fourth-order valence-electron chi connectivity index (χ4n) is 2.09. The van der Waals surface area contributed by atoms with Gasteiger partial charge in [0.25, 0.3) is 0 Å². The SMILES string of the molecule is COCCN(Cc1ccccn1)S(=O)(=O)Cc1ccccc1F. The number of halogens is 1. The van der Waals surface area contributed by atoms with Gasteiger partial charge in [-0.3, -0.25) is 4.98 Å². The second-order valence-corrected chi connectivity index (χ2v) is 6.96. The Bertz CT molecular complexity index is 723. The Kier molecular flexibility index (Phi) is 6.20. The smallest absolute Gasteiger partial charge is 0.218 e. The first-order valence-corrected chi connectivity index (χ1v) is 8.74. The second-order valence-electron chi connectivity index (χ2n) is 5.00. The van der Waals surface area contributed by atoms with E-state index in [-0.39, 0.29) is 25.3 Å². The van der Waals surface area contributed by atoms with Gasteiger partial charge in [-0.05, 0) is 18.2 Å². The lowest BCUT2D eigenvalue weighted by atomic mass is 10.2. The summed E-state index contributed by atoms with van der Waals surface area (Å²) in [6, 6.07) is 11.2. The van der Waals surface area contributed by atoms with Gasteiger partial charge in [-0.15, -0.1) is 0 Å². The molecule has 23 heavy (non-hydrogen) atoms. The van der Waals surface area contributed by atoms with Crippen LogP contribution in [0.5, 0.6) is 0 Å². The third-order valence-electron chi connectivity index (χ3n) is 3.30. The molecule has 2 aromatic rings. The number of nitrogens with zero attached hydrogens (tertiary/aromatic N) is 2. The van der Waals surface area contributed by atoms with Crippen molar-refractivity contribution in [2.24, 2.45) is 0 Å². The van der Waals surface area contributed by atoms with Gasteiger partial charge in [-0.2, -0.15) is 4.31 Å². The Morgan fingerprint density at radius 2 is 1.91 bits per heavy atom. The number of hydrogen-bond acceptors (Lipinski definition) is 4. The minimum atomic E-state index is -3.70. The lowest BCUT2D eigenvalue weighted by Gasteiger charge is -2.21. The maximum atomic E-state index is 13.7. The molecule has 0 saturated carbocycles. The summed E-state index contributed by atoms with van der Waals surface area (Å²) >= 11 is 0. The van der Waals surface area contributed by atoms with E-state index >= 15 is 0 Å². The van der Waals surface area contributed by atoms with Crippen LogP contribution >= 0.6 is 0 Å². The molecule has 0 atom stereocenters. The summed E-state index contributed by atoms with van der Waals surface area (Å²) in [6.45, 7) is 0.564. The fraction of sp³-hybridized carbons (Fsp3) is 0.312. The molecule has 0 fully saturated rings. The molecule has 0 aliphatic rings. The van der Waals surface area contributed by atoms with Crippen LogP contribution in [0.3, 0.4) is 0 Å². The van der Waals surface area contributed by atoms with E-state index in [2.05, 4.69) is 4.98 Å². The van der Waals surface area contributed by atoms with Crippen LogP contribution in [-0.4, -0.2) is 38.0 Å². The highest BCUT2D eigenvalue weighted by Crippen LogP contribution is 2.16. The summed E-state index contributed by atoms with van der Waals surface area (Å²) < 4.78 is 45.3. The third kappa shape index (κ3) is 5.09. The van der Waals surface area contributed by atoms with Crippen LogP contribution in [0.4, 0.5) is 4.39 Å². The van der Waals surface area contributed by atoms with Crippen LogP contribution in [0.1, 0.15) is 11.3 Å². The first kappa shape index (κ1) is 17.5. The number of sulfonamides is 1. The second kappa shape index (κ2) is 8.14. The lowest BCUT2D eigenvalue weighted by molar-refractivity contribution is 0.177. The van der Waals surface area contributed by atoms with E-state index in [0.29, 0.717) is 5.69 Å². The maximum Gasteiger partial charge on any atom is 0.218 e. The van der Waals surface area contributed by atoms with Crippen molar-refractivity contribution < 1.29 is 17.5 Å². The molecule has 2 rings (SSSR count). The van der Waals surface area contributed by atoms with Crippen molar-refractivity contribution in [3.8, 4) is 0 Å². The lowest BCUT2D eigenvalue weighted by Crippen LogP contribution is -2.34. The van der Waals surface area contributed by atoms with E-state index in [1.165, 1.54) is 29.6 Å². The number of hydrogen-bond donors (Lipinski definition) is 0. The molecule has 7 heteroatoms. The van der Waals surface area contributed by atoms with E-state index in [1.54, 1.807) is 30.5 Å². The standard InChI is InChI=1S/C16H19FN2O3S/c1-22-11-10-19(12-15-7-4-5-9-18-15)23(20,21)13-14-6-2-3-8-16(14)17/h2-9H,10-13H2,1H3. The number of pyridine rings is 1. The van der Waals surface area contributed by atoms with Crippen LogP contribution in [0.25, 0.3) is 0 Å². The topological polar surface area (TPSA) is 59.5 Å². The van der Waals surface area contributed by atoms with E-state index in [1.807, 2.05) is 0 Å². The molecule has 1 heterocycles. The zero-order chi connectivity index (χ0) is 16.7. The van der Waals surface area contributed by atoms with Gasteiger partial charge in [0, 0.05) is 25.4 Å². The summed E-state index contributed by atoms with van der Waals surface area (Å²) in [5.41, 5.74) is 0.775. The van der Waals surface area contributed by atoms with Gasteiger partial charge in [0.1, 0.15) is 5.82 Å². The first-order chi connectivity index (χ1) is 11.0. The fourth-order valence-corrected chi connectivity index (χ4v) is 3.58. The predicted octanol–water partition coefficient (Wildman–Crippen LogP) is 2.20. The quantitative estimate of drug-likeness (QED) is 0.740. The zero-order valence-corrected chi connectivity index (χ0v) is 13.7. The molecule has 5 nitrogen and oxygen atoms in total. The molecule has 0 N–H and O–H groups in total. The van der Waals surface area contributed by atoms with Gasteiger partial charge in [-0.1, -0.05) is 24.3 Å². The molecule has 0 aliphatic heterocycles. The maximum absolute atomic E-state index is 13.7. The van der Waals surface area contributed by atoms with Crippen molar-refractivity contribution in [3.63, 3.8) is 0 Å². The Hall–Kier alpha value is -1.83. The van der Waals surface area contributed by atoms with Gasteiger partial charge >= 0.3 is 0 Å². The molecule has 1 aromatic heterocycles. The summed E-state index contributed by atoms with van der Waals surface area (Å²) in [6.07, 6.45) is 1.60. The minimum Gasteiger partial charge on any atom is -0.383 e. The largest absolute Gasteiger partial charge is 0.383 e. The first-order valence-electron chi connectivity index (χ1n) is 7.13. The Labute approximate surface area is 135 Å². The number of ether oxygens (including phenoxy) is 1. The monoisotopic (exact) mass is 338 g/mol. The van der Waals surface area contributed by atoms with Crippen LogP contribution in [-0.2, 0) is 27.1 Å². The molecule has 124 valence electrons. The van der Waals surface area contributed by atoms with E-state index in [9.17, 15) is 12.8 Å². The number of aromatic nitrogens is 1. The van der Waals surface area contributed by atoms with Crippen LogP contribution in [0.15, 0.2) is 48.7 Å². The summed E-state index contributed by atoms with van der Waals surface area (Å²) in [4.78, 5) is 4.14. The zero-order valence-electron chi connectivity index (χ0n) is 12.9. The van der Waals surface area contributed by atoms with Crippen molar-refractivity contribution >= 4 is 10.0 Å². The van der Waals surface area contributed by atoms with Gasteiger partial charge in [0.2, 0.25) is 10.0 Å². The normalized spacial score (nSPS) is 11.8. The molecule has 0 bridgehead atoms. The molecular formula is C16H19FN2O3S.